The van der Waals surface area contributed by atoms with Gasteiger partial charge in [-0.1, -0.05) is 37.3 Å². The normalized spacial score (nSPS) is 19.9. The van der Waals surface area contributed by atoms with E-state index >= 15 is 8.78 Å². The number of amides is 1. The molecule has 0 saturated carbocycles. The summed E-state index contributed by atoms with van der Waals surface area (Å²) in [5.74, 6) is -9.42. The molecule has 4 aromatic heterocycles. The maximum absolute atomic E-state index is 15.7. The van der Waals surface area contributed by atoms with Crippen LogP contribution in [0.2, 0.25) is 0 Å². The molecular weight excluding hydrogens is 894 g/mol. The van der Waals surface area contributed by atoms with Gasteiger partial charge in [0.05, 0.1) is 47.5 Å². The number of thiazole rings is 1. The van der Waals surface area contributed by atoms with E-state index in [0.717, 1.165) is 38.4 Å². The fourth-order valence-electron chi connectivity index (χ4n) is 8.92. The molecule has 23 heteroatoms. The summed E-state index contributed by atoms with van der Waals surface area (Å²) >= 11 is 1.36. The zero-order valence-electron chi connectivity index (χ0n) is 34.7. The van der Waals surface area contributed by atoms with Crippen LogP contribution in [-0.2, 0) is 51.7 Å². The molecule has 2 fully saturated rings. The van der Waals surface area contributed by atoms with Gasteiger partial charge < -0.3 is 15.0 Å². The Morgan fingerprint density at radius 3 is 2.34 bits per heavy atom. The third-order valence-corrected chi connectivity index (χ3v) is 13.8. The lowest BCUT2D eigenvalue weighted by atomic mass is 9.94. The number of benzene rings is 2. The predicted octanol–water partition coefficient (Wildman–Crippen LogP) is 6.58. The Hall–Kier alpha value is -5.39. The van der Waals surface area contributed by atoms with Gasteiger partial charge in [0.1, 0.15) is 23.9 Å². The van der Waals surface area contributed by atoms with Crippen LogP contribution in [0.15, 0.2) is 42.5 Å². The second-order valence-electron chi connectivity index (χ2n) is 16.6. The number of aromatic nitrogens is 6. The van der Waals surface area contributed by atoms with E-state index in [0.29, 0.717) is 75.0 Å². The molecule has 3 aliphatic rings. The molecule has 2 saturated heterocycles. The van der Waals surface area contributed by atoms with Crippen molar-refractivity contribution in [3.8, 4) is 11.1 Å². The molecule has 340 valence electrons. The molecular formula is C41H41F7N10O4S2. The van der Waals surface area contributed by atoms with Gasteiger partial charge in [-0.25, -0.2) is 22.2 Å². The average Bonchev–Trinajstić information content (AvgIpc) is 3.91. The molecule has 2 aliphatic heterocycles. The first-order chi connectivity index (χ1) is 30.2. The van der Waals surface area contributed by atoms with Crippen molar-refractivity contribution in [3.05, 3.63) is 82.3 Å². The number of fused-ring (bicyclic) bond motifs is 3. The van der Waals surface area contributed by atoms with Crippen LogP contribution >= 0.6 is 11.3 Å². The Bertz CT molecular complexity index is 2900. The Balaban J connectivity index is 1.18. The molecule has 6 heterocycles. The van der Waals surface area contributed by atoms with Gasteiger partial charge in [0.25, 0.3) is 5.92 Å². The number of rotatable bonds is 11. The lowest BCUT2D eigenvalue weighted by molar-refractivity contribution is -0.143. The molecule has 0 spiro atoms. The number of carbonyl (C=O) groups is 1. The largest absolute Gasteiger partial charge is 0.435 e. The van der Waals surface area contributed by atoms with Crippen LogP contribution in [0.5, 0.6) is 0 Å². The number of hydrogen-bond donors (Lipinski definition) is 2. The van der Waals surface area contributed by atoms with Crippen molar-refractivity contribution in [1.29, 1.82) is 0 Å². The average molecular weight is 935 g/mol. The number of aryl methyl sites for hydroxylation is 1. The molecule has 6 aromatic rings. The SMILES string of the molecule is C[C@@H]1c2c(C(F)(F)F)nn(CC(=O)N[C@@H](Cc3cc(F)cc(F)c3)c3nc4nc(N5CCN(C6COC6)CC5)sc4cc3-c3cccc4c(NS(C)(=O)=O)nn(C)c34)c2C(F)(F)[C@@H]1C. The van der Waals surface area contributed by atoms with Crippen LogP contribution in [-0.4, -0.2) is 100 Å². The van der Waals surface area contributed by atoms with Gasteiger partial charge in [-0.2, -0.15) is 37.1 Å². The summed E-state index contributed by atoms with van der Waals surface area (Å²) < 4.78 is 139. The van der Waals surface area contributed by atoms with Gasteiger partial charge in [-0.05, 0) is 42.2 Å². The van der Waals surface area contributed by atoms with Crippen molar-refractivity contribution in [2.75, 3.05) is 55.3 Å². The standard InChI is InChI=1S/C41H41F7N10O4S2/c1-20-21(2)40(44,45)36-32(20)35(41(46,47)48)52-58(36)17-31(59)49-29(14-22-12-23(42)15-24(43)13-22)33-28(26-6-5-7-27-34(26)55(3)53-37(27)54-64(4,60)61)16-30-38(50-33)51-39(63-30)57-10-8-56(9-11-57)25-18-62-19-25/h5-7,12-13,15-16,20-21,25,29H,8-11,14,17-19H2,1-4H3,(H,49,59)(H,53,54)/t20-,21+,29-/m0/s1. The second kappa shape index (κ2) is 15.9. The van der Waals surface area contributed by atoms with Crippen molar-refractivity contribution < 1.29 is 48.7 Å². The molecule has 3 atom stereocenters. The van der Waals surface area contributed by atoms with Gasteiger partial charge in [0.15, 0.2) is 22.3 Å². The Kier molecular flexibility index (Phi) is 10.9. The van der Waals surface area contributed by atoms with Crippen molar-refractivity contribution >= 4 is 59.5 Å². The van der Waals surface area contributed by atoms with Gasteiger partial charge in [-0.3, -0.25) is 23.8 Å². The minimum Gasteiger partial charge on any atom is -0.378 e. The fraction of sp³-hybridized carbons (Fsp3) is 0.439. The first-order valence-corrected chi connectivity index (χ1v) is 23.0. The van der Waals surface area contributed by atoms with Crippen molar-refractivity contribution in [2.24, 2.45) is 13.0 Å². The number of anilines is 2. The minimum absolute atomic E-state index is 0.0237. The van der Waals surface area contributed by atoms with E-state index in [1.54, 1.807) is 31.3 Å². The topological polar surface area (TPSA) is 152 Å². The van der Waals surface area contributed by atoms with E-state index in [2.05, 4.69) is 30.0 Å². The van der Waals surface area contributed by atoms with Crippen LogP contribution in [0.1, 0.15) is 54.0 Å². The zero-order chi connectivity index (χ0) is 45.6. The van der Waals surface area contributed by atoms with Crippen LogP contribution in [0.4, 0.5) is 41.7 Å². The van der Waals surface area contributed by atoms with Gasteiger partial charge in [0, 0.05) is 67.3 Å². The first kappa shape index (κ1) is 43.8. The number of sulfonamides is 1. The molecule has 9 rings (SSSR count). The maximum atomic E-state index is 15.7. The molecule has 14 nitrogen and oxygen atoms in total. The summed E-state index contributed by atoms with van der Waals surface area (Å²) in [5, 5.41) is 11.7. The molecule has 2 N–H and O–H groups in total. The summed E-state index contributed by atoms with van der Waals surface area (Å²) in [7, 11) is -2.19. The lowest BCUT2D eigenvalue weighted by Gasteiger charge is -2.42. The smallest absolute Gasteiger partial charge is 0.378 e. The number of halogens is 7. The van der Waals surface area contributed by atoms with E-state index in [-0.39, 0.29) is 29.1 Å². The molecule has 1 amide bonds. The van der Waals surface area contributed by atoms with Crippen molar-refractivity contribution in [1.82, 2.24) is 39.7 Å². The quantitative estimate of drug-likeness (QED) is 0.137. The first-order valence-electron chi connectivity index (χ1n) is 20.3. The number of ether oxygens (including phenoxy) is 1. The Morgan fingerprint density at radius 2 is 1.70 bits per heavy atom. The number of alkyl halides is 5. The highest BCUT2D eigenvalue weighted by Gasteiger charge is 2.57. The molecule has 64 heavy (non-hydrogen) atoms. The number of nitrogens with one attached hydrogen (secondary N) is 2. The summed E-state index contributed by atoms with van der Waals surface area (Å²) in [6, 6.07) is 8.56. The zero-order valence-corrected chi connectivity index (χ0v) is 36.3. The fourth-order valence-corrected chi connectivity index (χ4v) is 10.4. The van der Waals surface area contributed by atoms with Crippen LogP contribution in [0, 0.1) is 17.6 Å². The van der Waals surface area contributed by atoms with Crippen LogP contribution < -0.4 is 14.9 Å². The summed E-state index contributed by atoms with van der Waals surface area (Å²) in [6.45, 7) is 5.52. The molecule has 1 aliphatic carbocycles. The molecule has 0 bridgehead atoms. The van der Waals surface area contributed by atoms with Crippen LogP contribution in [0.25, 0.3) is 32.4 Å². The number of pyridine rings is 1. The predicted molar refractivity (Wildman–Crippen MR) is 224 cm³/mol. The molecule has 0 unspecified atom stereocenters. The molecule has 0 radical (unpaired) electrons. The van der Waals surface area contributed by atoms with Crippen LogP contribution in [0.3, 0.4) is 0 Å². The highest BCUT2D eigenvalue weighted by atomic mass is 32.2. The summed E-state index contributed by atoms with van der Waals surface area (Å²) in [5.41, 5.74) is -1.60. The number of nitrogens with zero attached hydrogens (tertiary/aromatic N) is 8. The van der Waals surface area contributed by atoms with E-state index in [1.165, 1.54) is 22.9 Å². The van der Waals surface area contributed by atoms with Gasteiger partial charge in [-0.15, -0.1) is 0 Å². The van der Waals surface area contributed by atoms with Crippen molar-refractivity contribution in [2.45, 2.75) is 56.9 Å². The number of para-hydroxylation sites is 1. The Labute approximate surface area is 365 Å². The van der Waals surface area contributed by atoms with E-state index in [1.807, 2.05) is 0 Å². The highest BCUT2D eigenvalue weighted by molar-refractivity contribution is 7.92. The third-order valence-electron chi connectivity index (χ3n) is 12.2. The maximum Gasteiger partial charge on any atom is 0.435 e. The monoisotopic (exact) mass is 934 g/mol. The molecule has 2 aromatic carbocycles. The van der Waals surface area contributed by atoms with E-state index in [9.17, 15) is 35.2 Å². The number of piperazine rings is 1. The summed E-state index contributed by atoms with van der Waals surface area (Å²) in [4.78, 5) is 28.5. The summed E-state index contributed by atoms with van der Waals surface area (Å²) in [6.07, 6.45) is -4.47. The number of carbonyl (C=O) groups excluding carboxylic acids is 1. The Morgan fingerprint density at radius 1 is 1.00 bits per heavy atom. The second-order valence-corrected chi connectivity index (χ2v) is 19.3. The minimum atomic E-state index is -5.10. The van der Waals surface area contributed by atoms with E-state index in [4.69, 9.17) is 14.7 Å². The van der Waals surface area contributed by atoms with Crippen molar-refractivity contribution in [3.63, 3.8) is 0 Å². The number of hydrogen-bond acceptors (Lipinski definition) is 11. The van der Waals surface area contributed by atoms with E-state index < -0.39 is 81.0 Å². The lowest BCUT2D eigenvalue weighted by Crippen LogP contribution is -2.56. The van der Waals surface area contributed by atoms with Gasteiger partial charge >= 0.3 is 6.18 Å². The highest BCUT2D eigenvalue weighted by Crippen LogP contribution is 2.55. The van der Waals surface area contributed by atoms with Gasteiger partial charge in [0.2, 0.25) is 15.9 Å². The third kappa shape index (κ3) is 8.03.